The maximum atomic E-state index is 12.9. The van der Waals surface area contributed by atoms with Crippen LogP contribution in [0, 0.1) is 5.92 Å². The summed E-state index contributed by atoms with van der Waals surface area (Å²) < 4.78 is 0. The second-order valence-electron chi connectivity index (χ2n) is 6.64. The third kappa shape index (κ3) is 2.88. The number of carbonyl (C=O) groups excluding carboxylic acids is 3. The Morgan fingerprint density at radius 1 is 1.33 bits per heavy atom. The van der Waals surface area contributed by atoms with Gasteiger partial charge in [-0.25, -0.2) is 4.79 Å². The Morgan fingerprint density at radius 3 is 2.58 bits per heavy atom. The fraction of sp³-hybridized carbons (Fsp3) is 0.500. The highest BCUT2D eigenvalue weighted by Crippen LogP contribution is 2.33. The third-order valence-electron chi connectivity index (χ3n) is 4.99. The van der Waals surface area contributed by atoms with Crippen molar-refractivity contribution < 1.29 is 14.4 Å². The first kappa shape index (κ1) is 16.5. The second kappa shape index (κ2) is 6.26. The highest BCUT2D eigenvalue weighted by molar-refractivity contribution is 6.09. The molecule has 0 spiro atoms. The molecule has 2 N–H and O–H groups in total. The molecule has 0 bridgehead atoms. The molecular formula is C18H23N3O3. The van der Waals surface area contributed by atoms with Gasteiger partial charge in [0.15, 0.2) is 0 Å². The van der Waals surface area contributed by atoms with Gasteiger partial charge in [0.1, 0.15) is 12.1 Å². The molecule has 1 aromatic carbocycles. The Morgan fingerprint density at radius 2 is 2.00 bits per heavy atom. The fourth-order valence-electron chi connectivity index (χ4n) is 3.29. The van der Waals surface area contributed by atoms with Gasteiger partial charge in [0.25, 0.3) is 5.91 Å². The standard InChI is InChI=1S/C18H23N3O3/c1-3-18(14-7-5-4-6-8-14)16(23)21(17(24)20-18)11-15(22)19-12(2)13-9-10-13/h4-8,12-13H,3,9-11H2,1-2H3,(H,19,22)(H,20,24)/t12-,18-/m0/s1. The molecule has 4 amide bonds. The summed E-state index contributed by atoms with van der Waals surface area (Å²) in [7, 11) is 0. The maximum absolute atomic E-state index is 12.9. The molecule has 1 aliphatic heterocycles. The molecule has 1 aromatic rings. The van der Waals surface area contributed by atoms with Gasteiger partial charge in [-0.3, -0.25) is 14.5 Å². The quantitative estimate of drug-likeness (QED) is 0.781. The summed E-state index contributed by atoms with van der Waals surface area (Å²) in [5, 5.41) is 5.67. The highest BCUT2D eigenvalue weighted by Gasteiger charge is 2.51. The van der Waals surface area contributed by atoms with Crippen LogP contribution in [0.5, 0.6) is 0 Å². The Labute approximate surface area is 141 Å². The Bertz CT molecular complexity index is 657. The minimum absolute atomic E-state index is 0.0864. The molecule has 1 saturated carbocycles. The van der Waals surface area contributed by atoms with Gasteiger partial charge in [0.05, 0.1) is 0 Å². The van der Waals surface area contributed by atoms with E-state index in [1.165, 1.54) is 0 Å². The number of nitrogens with zero attached hydrogens (tertiary/aromatic N) is 1. The average Bonchev–Trinajstić information content (AvgIpc) is 3.39. The van der Waals surface area contributed by atoms with E-state index in [1.807, 2.05) is 44.2 Å². The average molecular weight is 329 g/mol. The highest BCUT2D eigenvalue weighted by atomic mass is 16.2. The van der Waals surface area contributed by atoms with E-state index in [0.29, 0.717) is 12.3 Å². The number of nitrogens with one attached hydrogen (secondary N) is 2. The van der Waals surface area contributed by atoms with Gasteiger partial charge >= 0.3 is 6.03 Å². The molecule has 6 heteroatoms. The third-order valence-corrected chi connectivity index (χ3v) is 4.99. The van der Waals surface area contributed by atoms with Crippen LogP contribution in [0.3, 0.4) is 0 Å². The van der Waals surface area contributed by atoms with Crippen molar-refractivity contribution >= 4 is 17.8 Å². The van der Waals surface area contributed by atoms with E-state index >= 15 is 0 Å². The minimum atomic E-state index is -1.08. The predicted octanol–water partition coefficient (Wildman–Crippen LogP) is 1.76. The van der Waals surface area contributed by atoms with Gasteiger partial charge in [0, 0.05) is 6.04 Å². The van der Waals surface area contributed by atoms with Crippen LogP contribution in [0.15, 0.2) is 30.3 Å². The molecule has 3 rings (SSSR count). The Hall–Kier alpha value is -2.37. The van der Waals surface area contributed by atoms with Crippen LogP contribution in [0.1, 0.15) is 38.7 Å². The van der Waals surface area contributed by atoms with E-state index in [1.54, 1.807) is 0 Å². The van der Waals surface area contributed by atoms with Gasteiger partial charge in [-0.05, 0) is 37.7 Å². The van der Waals surface area contributed by atoms with Crippen LogP contribution in [0.2, 0.25) is 0 Å². The monoisotopic (exact) mass is 329 g/mol. The van der Waals surface area contributed by atoms with Crippen molar-refractivity contribution in [3.63, 3.8) is 0 Å². The molecule has 128 valence electrons. The van der Waals surface area contributed by atoms with Crippen molar-refractivity contribution in [2.45, 2.75) is 44.7 Å². The van der Waals surface area contributed by atoms with Gasteiger partial charge < -0.3 is 10.6 Å². The number of hydrogen-bond donors (Lipinski definition) is 2. The van der Waals surface area contributed by atoms with Gasteiger partial charge in [-0.2, -0.15) is 0 Å². The van der Waals surface area contributed by atoms with Crippen molar-refractivity contribution in [1.29, 1.82) is 0 Å². The van der Waals surface area contributed by atoms with Crippen LogP contribution in [0.25, 0.3) is 0 Å². The minimum Gasteiger partial charge on any atom is -0.352 e. The largest absolute Gasteiger partial charge is 0.352 e. The van der Waals surface area contributed by atoms with Crippen LogP contribution in [-0.2, 0) is 15.1 Å². The molecule has 2 atom stereocenters. The molecule has 1 saturated heterocycles. The van der Waals surface area contributed by atoms with Crippen molar-refractivity contribution in [3.05, 3.63) is 35.9 Å². The van der Waals surface area contributed by atoms with Gasteiger partial charge in [-0.15, -0.1) is 0 Å². The molecule has 1 heterocycles. The maximum Gasteiger partial charge on any atom is 0.325 e. The summed E-state index contributed by atoms with van der Waals surface area (Å²) in [6.45, 7) is 3.57. The first-order chi connectivity index (χ1) is 11.5. The van der Waals surface area contributed by atoms with Crippen molar-refractivity contribution in [3.8, 4) is 0 Å². The van der Waals surface area contributed by atoms with Crippen molar-refractivity contribution in [2.24, 2.45) is 5.92 Å². The van der Waals surface area contributed by atoms with E-state index in [0.717, 1.165) is 23.3 Å². The van der Waals surface area contributed by atoms with E-state index in [2.05, 4.69) is 10.6 Å². The molecule has 0 radical (unpaired) electrons. The van der Waals surface area contributed by atoms with E-state index in [-0.39, 0.29) is 24.4 Å². The molecule has 1 aliphatic carbocycles. The number of urea groups is 1. The van der Waals surface area contributed by atoms with Gasteiger partial charge in [-0.1, -0.05) is 37.3 Å². The van der Waals surface area contributed by atoms with Crippen LogP contribution >= 0.6 is 0 Å². The molecule has 2 aliphatic rings. The van der Waals surface area contributed by atoms with Crippen molar-refractivity contribution in [2.75, 3.05) is 6.54 Å². The molecular weight excluding hydrogens is 306 g/mol. The summed E-state index contributed by atoms with van der Waals surface area (Å²) in [4.78, 5) is 38.4. The molecule has 0 aromatic heterocycles. The topological polar surface area (TPSA) is 78.5 Å². The lowest BCUT2D eigenvalue weighted by atomic mass is 9.87. The van der Waals surface area contributed by atoms with E-state index in [9.17, 15) is 14.4 Å². The SMILES string of the molecule is CC[C@@]1(c2ccccc2)NC(=O)N(CC(=O)N[C@@H](C)C2CC2)C1=O. The molecule has 24 heavy (non-hydrogen) atoms. The number of carbonyl (C=O) groups is 3. The lowest BCUT2D eigenvalue weighted by Gasteiger charge is -2.25. The Kier molecular flexibility index (Phi) is 4.30. The van der Waals surface area contributed by atoms with Crippen LogP contribution in [-0.4, -0.2) is 35.3 Å². The zero-order valence-corrected chi connectivity index (χ0v) is 14.0. The normalized spacial score (nSPS) is 24.7. The Balaban J connectivity index is 1.74. The number of benzene rings is 1. The van der Waals surface area contributed by atoms with Crippen LogP contribution < -0.4 is 10.6 Å². The molecule has 6 nitrogen and oxygen atoms in total. The van der Waals surface area contributed by atoms with E-state index in [4.69, 9.17) is 0 Å². The lowest BCUT2D eigenvalue weighted by molar-refractivity contribution is -0.135. The number of hydrogen-bond acceptors (Lipinski definition) is 3. The number of amides is 4. The van der Waals surface area contributed by atoms with Gasteiger partial charge in [0.2, 0.25) is 5.91 Å². The predicted molar refractivity (Wildman–Crippen MR) is 89.0 cm³/mol. The summed E-state index contributed by atoms with van der Waals surface area (Å²) >= 11 is 0. The summed E-state index contributed by atoms with van der Waals surface area (Å²) in [6, 6.07) is 8.74. The lowest BCUT2D eigenvalue weighted by Crippen LogP contribution is -2.46. The zero-order chi connectivity index (χ0) is 17.3. The molecule has 2 fully saturated rings. The number of imide groups is 1. The smallest absolute Gasteiger partial charge is 0.325 e. The number of rotatable bonds is 6. The first-order valence-electron chi connectivity index (χ1n) is 8.47. The zero-order valence-electron chi connectivity index (χ0n) is 14.0. The summed E-state index contributed by atoms with van der Waals surface area (Å²) in [6.07, 6.45) is 2.67. The fourth-order valence-corrected chi connectivity index (χ4v) is 3.29. The summed E-state index contributed by atoms with van der Waals surface area (Å²) in [5.41, 5.74) is -0.346. The van der Waals surface area contributed by atoms with Crippen LogP contribution in [0.4, 0.5) is 4.79 Å². The van der Waals surface area contributed by atoms with E-state index < -0.39 is 11.6 Å². The summed E-state index contributed by atoms with van der Waals surface area (Å²) in [5.74, 6) is -0.135. The van der Waals surface area contributed by atoms with Crippen molar-refractivity contribution in [1.82, 2.24) is 15.5 Å². The molecule has 0 unspecified atom stereocenters. The first-order valence-corrected chi connectivity index (χ1v) is 8.47. The second-order valence-corrected chi connectivity index (χ2v) is 6.64.